The lowest BCUT2D eigenvalue weighted by Crippen LogP contribution is -2.48. The van der Waals surface area contributed by atoms with Gasteiger partial charge in [-0.15, -0.1) is 0 Å². The third-order valence-corrected chi connectivity index (χ3v) is 7.72. The SMILES string of the molecule is CCOC(=O)N1c2ccc(OC)nc2C(N(Cc2cc(C(F)(F)F)cc(C(F)(F)F)c2)c2ncc(N3C(=O)COC3=O)cn2)C[C@H]1CC. The van der Waals surface area contributed by atoms with Gasteiger partial charge in [-0.25, -0.2) is 29.4 Å². The number of cyclic esters (lactones) is 1. The number of aromatic nitrogens is 3. The number of ether oxygens (including phenoxy) is 3. The highest BCUT2D eigenvalue weighted by Crippen LogP contribution is 2.44. The average Bonchev–Trinajstić information content (AvgIpc) is 3.38. The first kappa shape index (κ1) is 34.2. The van der Waals surface area contributed by atoms with Crippen molar-refractivity contribution >= 4 is 35.4 Å². The van der Waals surface area contributed by atoms with E-state index in [1.165, 1.54) is 23.0 Å². The quantitative estimate of drug-likeness (QED) is 0.250. The van der Waals surface area contributed by atoms with Crippen LogP contribution in [0, 0.1) is 0 Å². The van der Waals surface area contributed by atoms with Crippen molar-refractivity contribution in [1.82, 2.24) is 15.0 Å². The number of amides is 3. The Morgan fingerprint density at radius 1 is 1.02 bits per heavy atom. The van der Waals surface area contributed by atoms with Crippen LogP contribution in [0.5, 0.6) is 5.88 Å². The van der Waals surface area contributed by atoms with Gasteiger partial charge in [0, 0.05) is 18.7 Å². The molecule has 5 rings (SSSR count). The van der Waals surface area contributed by atoms with E-state index in [1.54, 1.807) is 19.9 Å². The molecule has 0 N–H and O–H groups in total. The zero-order valence-corrected chi connectivity index (χ0v) is 25.6. The number of alkyl halides is 6. The molecule has 12 nitrogen and oxygen atoms in total. The highest BCUT2D eigenvalue weighted by Gasteiger charge is 2.42. The van der Waals surface area contributed by atoms with Gasteiger partial charge in [0.1, 0.15) is 0 Å². The van der Waals surface area contributed by atoms with Gasteiger partial charge in [-0.05, 0) is 49.6 Å². The predicted molar refractivity (Wildman–Crippen MR) is 155 cm³/mol. The second-order valence-corrected chi connectivity index (χ2v) is 10.7. The number of pyridine rings is 1. The molecule has 4 heterocycles. The molecule has 1 saturated heterocycles. The molecular formula is C30H28F6N6O6. The number of hydrogen-bond acceptors (Lipinski definition) is 10. The summed E-state index contributed by atoms with van der Waals surface area (Å²) in [6.45, 7) is 2.38. The lowest BCUT2D eigenvalue weighted by molar-refractivity contribution is -0.143. The number of fused-ring (bicyclic) bond motifs is 1. The molecule has 1 aromatic carbocycles. The van der Waals surface area contributed by atoms with Crippen molar-refractivity contribution in [2.45, 2.75) is 57.7 Å². The van der Waals surface area contributed by atoms with Crippen LogP contribution in [0.4, 0.5) is 53.3 Å². The molecule has 256 valence electrons. The summed E-state index contributed by atoms with van der Waals surface area (Å²) in [4.78, 5) is 53.9. The van der Waals surface area contributed by atoms with Crippen LogP contribution in [0.25, 0.3) is 0 Å². The van der Waals surface area contributed by atoms with Crippen LogP contribution in [-0.4, -0.2) is 59.4 Å². The standard InChI is InChI=1S/C30H28F6N6O6/c1-4-19-11-22(25-21(6-7-23(39-25)46-3)41(19)27(44)47-5-2)40(26-37-12-20(13-38-26)42-24(43)15-48-28(42)45)14-16-8-17(29(31,32)33)10-18(9-16)30(34,35)36/h6-10,12-13,19,22H,4-5,11,14-15H2,1-3H3/t19-,22?/m1/s1. The van der Waals surface area contributed by atoms with Gasteiger partial charge in [0.2, 0.25) is 11.8 Å². The zero-order chi connectivity index (χ0) is 35.0. The van der Waals surface area contributed by atoms with Gasteiger partial charge >= 0.3 is 24.5 Å². The molecule has 0 radical (unpaired) electrons. The summed E-state index contributed by atoms with van der Waals surface area (Å²) in [5.41, 5.74) is -3.04. The van der Waals surface area contributed by atoms with Gasteiger partial charge in [0.15, 0.2) is 6.61 Å². The van der Waals surface area contributed by atoms with Crippen molar-refractivity contribution in [3.63, 3.8) is 0 Å². The van der Waals surface area contributed by atoms with E-state index in [-0.39, 0.29) is 53.6 Å². The summed E-state index contributed by atoms with van der Waals surface area (Å²) in [6.07, 6.45) is -9.23. The van der Waals surface area contributed by atoms with Crippen LogP contribution in [0.3, 0.4) is 0 Å². The molecule has 48 heavy (non-hydrogen) atoms. The Morgan fingerprint density at radius 3 is 2.19 bits per heavy atom. The number of nitrogens with zero attached hydrogens (tertiary/aromatic N) is 6. The van der Waals surface area contributed by atoms with Crippen LogP contribution in [-0.2, 0) is 33.2 Å². The number of halogens is 6. The van der Waals surface area contributed by atoms with Crippen molar-refractivity contribution in [2.75, 3.05) is 35.0 Å². The Hall–Kier alpha value is -5.16. The second-order valence-electron chi connectivity index (χ2n) is 10.7. The molecule has 0 saturated carbocycles. The Bertz CT molecular complexity index is 1650. The van der Waals surface area contributed by atoms with Gasteiger partial charge in [-0.3, -0.25) is 9.69 Å². The van der Waals surface area contributed by atoms with Crippen molar-refractivity contribution in [1.29, 1.82) is 0 Å². The summed E-state index contributed by atoms with van der Waals surface area (Å²) in [5, 5.41) is 0. The van der Waals surface area contributed by atoms with Gasteiger partial charge < -0.3 is 19.1 Å². The third-order valence-electron chi connectivity index (χ3n) is 7.72. The smallest absolute Gasteiger partial charge is 0.421 e. The minimum absolute atomic E-state index is 0.0257. The van der Waals surface area contributed by atoms with E-state index >= 15 is 0 Å². The molecule has 2 atom stereocenters. The van der Waals surface area contributed by atoms with Gasteiger partial charge in [0.25, 0.3) is 5.91 Å². The molecule has 0 bridgehead atoms. The van der Waals surface area contributed by atoms with Crippen molar-refractivity contribution < 1.29 is 54.9 Å². The largest absolute Gasteiger partial charge is 0.481 e. The molecule has 3 amide bonds. The van der Waals surface area contributed by atoms with Gasteiger partial charge in [0.05, 0.1) is 60.3 Å². The highest BCUT2D eigenvalue weighted by molar-refractivity contribution is 6.16. The Balaban J connectivity index is 1.68. The molecule has 0 spiro atoms. The Kier molecular flexibility index (Phi) is 9.37. The fourth-order valence-corrected chi connectivity index (χ4v) is 5.56. The molecule has 1 fully saturated rings. The maximum Gasteiger partial charge on any atom is 0.421 e. The van der Waals surface area contributed by atoms with Crippen LogP contribution in [0.2, 0.25) is 0 Å². The van der Waals surface area contributed by atoms with E-state index in [9.17, 15) is 40.7 Å². The minimum Gasteiger partial charge on any atom is -0.481 e. The molecular weight excluding hydrogens is 654 g/mol. The first-order valence-corrected chi connectivity index (χ1v) is 14.5. The van der Waals surface area contributed by atoms with Crippen molar-refractivity contribution in [2.24, 2.45) is 0 Å². The number of hydrogen-bond donors (Lipinski definition) is 0. The molecule has 2 aromatic heterocycles. The monoisotopic (exact) mass is 682 g/mol. The molecule has 2 aliphatic rings. The molecule has 1 unspecified atom stereocenters. The maximum atomic E-state index is 13.8. The molecule has 0 aliphatic carbocycles. The van der Waals surface area contributed by atoms with Crippen LogP contribution < -0.4 is 19.4 Å². The second kappa shape index (κ2) is 13.2. The maximum absolute atomic E-state index is 13.8. The lowest BCUT2D eigenvalue weighted by atomic mass is 9.92. The van der Waals surface area contributed by atoms with E-state index in [2.05, 4.69) is 15.0 Å². The van der Waals surface area contributed by atoms with Gasteiger partial charge in [-0.1, -0.05) is 6.92 Å². The topological polar surface area (TPSA) is 127 Å². The number of benzene rings is 1. The average molecular weight is 683 g/mol. The number of imide groups is 1. The van der Waals surface area contributed by atoms with Crippen LogP contribution in [0.15, 0.2) is 42.7 Å². The summed E-state index contributed by atoms with van der Waals surface area (Å²) in [6, 6.07) is 2.75. The normalized spacial score (nSPS) is 18.0. The Labute approximate surface area is 269 Å². The molecule has 18 heteroatoms. The number of anilines is 3. The van der Waals surface area contributed by atoms with E-state index in [0.717, 1.165) is 12.4 Å². The Morgan fingerprint density at radius 2 is 1.67 bits per heavy atom. The predicted octanol–water partition coefficient (Wildman–Crippen LogP) is 6.29. The fraction of sp³-hybridized carbons (Fsp3) is 0.400. The number of carbonyl (C=O) groups is 3. The van der Waals surface area contributed by atoms with Crippen LogP contribution in [0.1, 0.15) is 55.1 Å². The summed E-state index contributed by atoms with van der Waals surface area (Å²) in [7, 11) is 1.34. The van der Waals surface area contributed by atoms with E-state index in [4.69, 9.17) is 14.2 Å². The fourth-order valence-electron chi connectivity index (χ4n) is 5.56. The lowest BCUT2D eigenvalue weighted by Gasteiger charge is -2.43. The van der Waals surface area contributed by atoms with Gasteiger partial charge in [-0.2, -0.15) is 26.3 Å². The highest BCUT2D eigenvalue weighted by atomic mass is 19.4. The van der Waals surface area contributed by atoms with Crippen molar-refractivity contribution in [3.8, 4) is 5.88 Å². The van der Waals surface area contributed by atoms with Crippen LogP contribution >= 0.6 is 0 Å². The number of carbonyl (C=O) groups excluding carboxylic acids is 3. The third kappa shape index (κ3) is 6.77. The summed E-state index contributed by atoms with van der Waals surface area (Å²) < 4.78 is 98.2. The van der Waals surface area contributed by atoms with Crippen molar-refractivity contribution in [3.05, 3.63) is 65.1 Å². The van der Waals surface area contributed by atoms with E-state index < -0.39 is 66.8 Å². The number of methoxy groups -OCH3 is 1. The first-order valence-electron chi connectivity index (χ1n) is 14.5. The molecule has 2 aliphatic heterocycles. The van der Waals surface area contributed by atoms with E-state index in [1.807, 2.05) is 0 Å². The summed E-state index contributed by atoms with van der Waals surface area (Å²) >= 11 is 0. The van der Waals surface area contributed by atoms with E-state index in [0.29, 0.717) is 23.5 Å². The summed E-state index contributed by atoms with van der Waals surface area (Å²) in [5.74, 6) is -0.776. The first-order chi connectivity index (χ1) is 22.7. The minimum atomic E-state index is -5.10. The number of rotatable bonds is 8. The zero-order valence-electron chi connectivity index (χ0n) is 25.6. The molecule has 3 aromatic rings.